The van der Waals surface area contributed by atoms with Gasteiger partial charge in [0.15, 0.2) is 11.5 Å². The summed E-state index contributed by atoms with van der Waals surface area (Å²) in [6.07, 6.45) is 1.49. The van der Waals surface area contributed by atoms with Crippen LogP contribution >= 0.6 is 22.9 Å². The molecule has 0 aliphatic carbocycles. The largest absolute Gasteiger partial charge is 0.493 e. The molecule has 0 unspecified atom stereocenters. The SMILES string of the molecule is COc1cc(/C=N/NC(=O)c2sc3ccccc3c2Cl)cc(OC)c1OC. The predicted molar refractivity (Wildman–Crippen MR) is 108 cm³/mol. The molecule has 0 spiro atoms. The Morgan fingerprint density at radius 3 is 2.37 bits per heavy atom. The molecular formula is C19H17ClN2O4S. The molecule has 1 amide bonds. The third-order valence-corrected chi connectivity index (χ3v) is 5.48. The Bertz CT molecular complexity index is 991. The number of rotatable bonds is 6. The standard InChI is InChI=1S/C19H17ClN2O4S/c1-24-13-8-11(9-14(25-2)17(13)26-3)10-21-22-19(23)18-16(20)12-6-4-5-7-15(12)27-18/h4-10H,1-3H3,(H,22,23)/b21-10+. The molecule has 0 radical (unpaired) electrons. The molecule has 0 saturated carbocycles. The minimum Gasteiger partial charge on any atom is -0.493 e. The number of hydrazone groups is 1. The molecule has 6 nitrogen and oxygen atoms in total. The van der Waals surface area contributed by atoms with E-state index in [0.29, 0.717) is 32.7 Å². The molecule has 0 fully saturated rings. The summed E-state index contributed by atoms with van der Waals surface area (Å²) in [6.45, 7) is 0. The van der Waals surface area contributed by atoms with Crippen molar-refractivity contribution >= 4 is 45.1 Å². The fourth-order valence-corrected chi connectivity index (χ4v) is 3.96. The van der Waals surface area contributed by atoms with Gasteiger partial charge >= 0.3 is 0 Å². The number of carbonyl (C=O) groups is 1. The number of benzene rings is 2. The fourth-order valence-electron chi connectivity index (χ4n) is 2.55. The predicted octanol–water partition coefficient (Wildman–Crippen LogP) is 4.34. The fraction of sp³-hybridized carbons (Fsp3) is 0.158. The van der Waals surface area contributed by atoms with Gasteiger partial charge in [0.1, 0.15) is 4.88 Å². The van der Waals surface area contributed by atoms with E-state index in [9.17, 15) is 4.79 Å². The van der Waals surface area contributed by atoms with Gasteiger partial charge in [-0.2, -0.15) is 5.10 Å². The Hall–Kier alpha value is -2.77. The van der Waals surface area contributed by atoms with E-state index in [1.54, 1.807) is 12.1 Å². The first-order valence-electron chi connectivity index (χ1n) is 7.89. The molecule has 3 rings (SSSR count). The zero-order valence-corrected chi connectivity index (χ0v) is 16.5. The van der Waals surface area contributed by atoms with E-state index in [2.05, 4.69) is 10.5 Å². The average molecular weight is 405 g/mol. The normalized spacial score (nSPS) is 11.0. The van der Waals surface area contributed by atoms with Crippen molar-refractivity contribution in [1.82, 2.24) is 5.43 Å². The van der Waals surface area contributed by atoms with E-state index < -0.39 is 0 Å². The third kappa shape index (κ3) is 3.84. The van der Waals surface area contributed by atoms with Crippen molar-refractivity contribution in [3.8, 4) is 17.2 Å². The van der Waals surface area contributed by atoms with Gasteiger partial charge in [-0.3, -0.25) is 4.79 Å². The lowest BCUT2D eigenvalue weighted by Gasteiger charge is -2.12. The van der Waals surface area contributed by atoms with Crippen LogP contribution < -0.4 is 19.6 Å². The molecule has 140 valence electrons. The minimum atomic E-state index is -0.370. The number of thiophene rings is 1. The number of nitrogens with zero attached hydrogens (tertiary/aromatic N) is 1. The van der Waals surface area contributed by atoms with Crippen LogP contribution in [0.4, 0.5) is 0 Å². The molecule has 0 atom stereocenters. The van der Waals surface area contributed by atoms with Crippen LogP contribution in [0.25, 0.3) is 10.1 Å². The van der Waals surface area contributed by atoms with Crippen LogP contribution in [0.2, 0.25) is 5.02 Å². The summed E-state index contributed by atoms with van der Waals surface area (Å²) in [7, 11) is 4.59. The number of hydrogen-bond donors (Lipinski definition) is 1. The van der Waals surface area contributed by atoms with Crippen LogP contribution in [0, 0.1) is 0 Å². The molecule has 8 heteroatoms. The van der Waals surface area contributed by atoms with Gasteiger partial charge in [-0.25, -0.2) is 5.43 Å². The molecule has 0 saturated heterocycles. The molecule has 1 heterocycles. The second kappa shape index (κ2) is 8.28. The van der Waals surface area contributed by atoms with E-state index in [1.165, 1.54) is 38.9 Å². The maximum atomic E-state index is 12.4. The first-order valence-corrected chi connectivity index (χ1v) is 9.09. The van der Waals surface area contributed by atoms with Crippen LogP contribution in [-0.4, -0.2) is 33.5 Å². The summed E-state index contributed by atoms with van der Waals surface area (Å²) in [6, 6.07) is 11.0. The number of fused-ring (bicyclic) bond motifs is 1. The highest BCUT2D eigenvalue weighted by atomic mass is 35.5. The third-order valence-electron chi connectivity index (χ3n) is 3.81. The minimum absolute atomic E-state index is 0.370. The molecule has 0 aliphatic rings. The van der Waals surface area contributed by atoms with E-state index >= 15 is 0 Å². The monoisotopic (exact) mass is 404 g/mol. The second-order valence-electron chi connectivity index (χ2n) is 5.40. The lowest BCUT2D eigenvalue weighted by molar-refractivity contribution is 0.0959. The summed E-state index contributed by atoms with van der Waals surface area (Å²) < 4.78 is 16.8. The summed E-state index contributed by atoms with van der Waals surface area (Å²) in [5.74, 6) is 1.11. The number of nitrogens with one attached hydrogen (secondary N) is 1. The maximum Gasteiger partial charge on any atom is 0.283 e. The van der Waals surface area contributed by atoms with Gasteiger partial charge in [0.2, 0.25) is 5.75 Å². The number of halogens is 1. The molecule has 1 aromatic heterocycles. The van der Waals surface area contributed by atoms with Crippen LogP contribution in [0.5, 0.6) is 17.2 Å². The van der Waals surface area contributed by atoms with Crippen LogP contribution in [0.3, 0.4) is 0 Å². The smallest absolute Gasteiger partial charge is 0.283 e. The molecule has 0 bridgehead atoms. The first kappa shape index (κ1) is 19.0. The van der Waals surface area contributed by atoms with Gasteiger partial charge in [0.25, 0.3) is 5.91 Å². The van der Waals surface area contributed by atoms with Crippen molar-refractivity contribution < 1.29 is 19.0 Å². The Balaban J connectivity index is 1.80. The van der Waals surface area contributed by atoms with Crippen molar-refractivity contribution in [2.75, 3.05) is 21.3 Å². The average Bonchev–Trinajstić information content (AvgIpc) is 3.04. The molecule has 3 aromatic rings. The Morgan fingerprint density at radius 1 is 1.11 bits per heavy atom. The quantitative estimate of drug-likeness (QED) is 0.490. The highest BCUT2D eigenvalue weighted by molar-refractivity contribution is 7.21. The van der Waals surface area contributed by atoms with E-state index in [0.717, 1.165) is 10.1 Å². The molecular weight excluding hydrogens is 388 g/mol. The van der Waals surface area contributed by atoms with Crippen LogP contribution in [0.1, 0.15) is 15.2 Å². The molecule has 27 heavy (non-hydrogen) atoms. The summed E-state index contributed by atoms with van der Waals surface area (Å²) in [5, 5.41) is 5.28. The van der Waals surface area contributed by atoms with Crippen molar-refractivity contribution in [2.45, 2.75) is 0 Å². The van der Waals surface area contributed by atoms with E-state index in [-0.39, 0.29) is 5.91 Å². The second-order valence-corrected chi connectivity index (χ2v) is 6.83. The highest BCUT2D eigenvalue weighted by Gasteiger charge is 2.16. The zero-order valence-electron chi connectivity index (χ0n) is 14.9. The summed E-state index contributed by atoms with van der Waals surface area (Å²) >= 11 is 7.63. The number of hydrogen-bond acceptors (Lipinski definition) is 6. The number of carbonyl (C=O) groups excluding carboxylic acids is 1. The molecule has 1 N–H and O–H groups in total. The Labute approximate surface area is 165 Å². The first-order chi connectivity index (χ1) is 13.1. The van der Waals surface area contributed by atoms with Gasteiger partial charge in [-0.05, 0) is 18.2 Å². The lowest BCUT2D eigenvalue weighted by atomic mass is 10.2. The lowest BCUT2D eigenvalue weighted by Crippen LogP contribution is -2.16. The van der Waals surface area contributed by atoms with Crippen molar-refractivity contribution in [3.05, 3.63) is 51.9 Å². The Kier molecular flexibility index (Phi) is 5.83. The highest BCUT2D eigenvalue weighted by Crippen LogP contribution is 2.38. The number of amides is 1. The zero-order chi connectivity index (χ0) is 19.4. The van der Waals surface area contributed by atoms with Gasteiger partial charge in [0.05, 0.1) is 32.6 Å². The molecule has 0 aliphatic heterocycles. The van der Waals surface area contributed by atoms with E-state index in [4.69, 9.17) is 25.8 Å². The topological polar surface area (TPSA) is 69.2 Å². The van der Waals surface area contributed by atoms with Gasteiger partial charge in [0, 0.05) is 15.6 Å². The van der Waals surface area contributed by atoms with Crippen molar-refractivity contribution in [3.63, 3.8) is 0 Å². The van der Waals surface area contributed by atoms with Crippen LogP contribution in [-0.2, 0) is 0 Å². The van der Waals surface area contributed by atoms with E-state index in [1.807, 2.05) is 24.3 Å². The Morgan fingerprint density at radius 2 is 1.78 bits per heavy atom. The van der Waals surface area contributed by atoms with Gasteiger partial charge in [-0.15, -0.1) is 11.3 Å². The summed E-state index contributed by atoms with van der Waals surface area (Å²) in [5.41, 5.74) is 3.17. The number of methoxy groups -OCH3 is 3. The maximum absolute atomic E-state index is 12.4. The summed E-state index contributed by atoms with van der Waals surface area (Å²) in [4.78, 5) is 12.8. The van der Waals surface area contributed by atoms with Crippen LogP contribution in [0.15, 0.2) is 41.5 Å². The van der Waals surface area contributed by atoms with Crippen molar-refractivity contribution in [1.29, 1.82) is 0 Å². The van der Waals surface area contributed by atoms with Gasteiger partial charge < -0.3 is 14.2 Å². The molecule has 2 aromatic carbocycles. The number of ether oxygens (including phenoxy) is 3. The van der Waals surface area contributed by atoms with Gasteiger partial charge in [-0.1, -0.05) is 29.8 Å². The van der Waals surface area contributed by atoms with Crippen molar-refractivity contribution in [2.24, 2.45) is 5.10 Å².